The van der Waals surface area contributed by atoms with E-state index in [9.17, 15) is 4.79 Å². The van der Waals surface area contributed by atoms with Gasteiger partial charge in [0.25, 0.3) is 5.91 Å². The molecule has 1 saturated carbocycles. The second-order valence-corrected chi connectivity index (χ2v) is 8.18. The summed E-state index contributed by atoms with van der Waals surface area (Å²) < 4.78 is 2.13. The van der Waals surface area contributed by atoms with E-state index in [0.717, 1.165) is 43.5 Å². The zero-order valence-electron chi connectivity index (χ0n) is 17.2. The Hall–Kier alpha value is -2.30. The Labute approximate surface area is 162 Å². The molecule has 2 aromatic rings. The van der Waals surface area contributed by atoms with Crippen LogP contribution >= 0.6 is 0 Å². The number of amides is 1. The molecule has 144 valence electrons. The van der Waals surface area contributed by atoms with Crippen LogP contribution < -0.4 is 4.90 Å². The molecule has 0 spiro atoms. The van der Waals surface area contributed by atoms with E-state index in [1.807, 2.05) is 11.8 Å². The van der Waals surface area contributed by atoms with Crippen LogP contribution in [0.2, 0.25) is 0 Å². The minimum absolute atomic E-state index is 0.139. The van der Waals surface area contributed by atoms with Crippen molar-refractivity contribution in [3.05, 3.63) is 40.2 Å². The number of hydrogen-bond acceptors (Lipinski definition) is 3. The van der Waals surface area contributed by atoms with Gasteiger partial charge >= 0.3 is 0 Å². The van der Waals surface area contributed by atoms with E-state index in [1.165, 1.54) is 35.2 Å². The molecule has 1 aliphatic carbocycles. The van der Waals surface area contributed by atoms with Gasteiger partial charge < -0.3 is 14.4 Å². The molecule has 1 aromatic carbocycles. The van der Waals surface area contributed by atoms with Crippen molar-refractivity contribution < 1.29 is 4.79 Å². The Morgan fingerprint density at radius 1 is 1.15 bits per heavy atom. The fourth-order valence-corrected chi connectivity index (χ4v) is 4.47. The van der Waals surface area contributed by atoms with Crippen molar-refractivity contribution in [1.29, 1.82) is 0 Å². The lowest BCUT2D eigenvalue weighted by molar-refractivity contribution is 0.0746. The summed E-state index contributed by atoms with van der Waals surface area (Å²) in [5.41, 5.74) is 6.65. The van der Waals surface area contributed by atoms with Gasteiger partial charge in [-0.1, -0.05) is 17.7 Å². The van der Waals surface area contributed by atoms with Crippen molar-refractivity contribution in [2.75, 3.05) is 24.5 Å². The minimum atomic E-state index is 0.139. The number of carbonyl (C=O) groups excluding carboxylic acids is 1. The van der Waals surface area contributed by atoms with Gasteiger partial charge in [0.1, 0.15) is 5.69 Å². The number of anilines is 2. The number of imidazole rings is 1. The minimum Gasteiger partial charge on any atom is -0.337 e. The third-order valence-corrected chi connectivity index (χ3v) is 5.86. The molecule has 0 saturated heterocycles. The number of aromatic nitrogens is 2. The Morgan fingerprint density at radius 3 is 2.41 bits per heavy atom. The van der Waals surface area contributed by atoms with Gasteiger partial charge in [0.15, 0.2) is 0 Å². The Kier molecular flexibility index (Phi) is 4.49. The lowest BCUT2D eigenvalue weighted by Crippen LogP contribution is -2.34. The van der Waals surface area contributed by atoms with E-state index >= 15 is 0 Å². The van der Waals surface area contributed by atoms with Crippen LogP contribution in [0.1, 0.15) is 52.6 Å². The molecule has 1 fully saturated rings. The molecule has 4 rings (SSSR count). The second-order valence-electron chi connectivity index (χ2n) is 8.18. The maximum Gasteiger partial charge on any atom is 0.272 e. The average molecular weight is 367 g/mol. The fraction of sp³-hybridized carbons (Fsp3) is 0.545. The van der Waals surface area contributed by atoms with Gasteiger partial charge in [-0.05, 0) is 64.5 Å². The highest BCUT2D eigenvalue weighted by Crippen LogP contribution is 2.37. The van der Waals surface area contributed by atoms with Gasteiger partial charge in [-0.15, -0.1) is 0 Å². The molecule has 0 bridgehead atoms. The van der Waals surface area contributed by atoms with Gasteiger partial charge in [-0.2, -0.15) is 0 Å². The maximum atomic E-state index is 13.2. The smallest absolute Gasteiger partial charge is 0.272 e. The maximum absolute atomic E-state index is 13.2. The quantitative estimate of drug-likeness (QED) is 0.798. The normalized spacial score (nSPS) is 16.0. The van der Waals surface area contributed by atoms with E-state index in [-0.39, 0.29) is 5.91 Å². The van der Waals surface area contributed by atoms with Crippen LogP contribution in [-0.2, 0) is 6.54 Å². The first-order valence-corrected chi connectivity index (χ1v) is 10.1. The molecule has 0 N–H and O–H groups in total. The van der Waals surface area contributed by atoms with Crippen molar-refractivity contribution in [2.24, 2.45) is 5.92 Å². The van der Waals surface area contributed by atoms with Crippen LogP contribution in [0.15, 0.2) is 12.1 Å². The summed E-state index contributed by atoms with van der Waals surface area (Å²) in [5, 5.41) is 0. The predicted octanol–water partition coefficient (Wildman–Crippen LogP) is 4.14. The van der Waals surface area contributed by atoms with Crippen LogP contribution in [0.4, 0.5) is 11.6 Å². The molecule has 1 aliphatic heterocycles. The van der Waals surface area contributed by atoms with Crippen molar-refractivity contribution >= 4 is 17.5 Å². The molecule has 27 heavy (non-hydrogen) atoms. The molecule has 0 atom stereocenters. The van der Waals surface area contributed by atoms with E-state index in [1.54, 1.807) is 0 Å². The molecule has 0 radical (unpaired) electrons. The van der Waals surface area contributed by atoms with Crippen molar-refractivity contribution in [3.63, 3.8) is 0 Å². The van der Waals surface area contributed by atoms with Crippen LogP contribution in [0.5, 0.6) is 0 Å². The molecule has 2 heterocycles. The molecule has 0 unspecified atom stereocenters. The number of benzene rings is 1. The summed E-state index contributed by atoms with van der Waals surface area (Å²) >= 11 is 0. The summed E-state index contributed by atoms with van der Waals surface area (Å²) in [6.07, 6.45) is 2.51. The zero-order valence-corrected chi connectivity index (χ0v) is 17.2. The van der Waals surface area contributed by atoms with Crippen LogP contribution in [-0.4, -0.2) is 40.0 Å². The van der Waals surface area contributed by atoms with Crippen LogP contribution in [0, 0.1) is 33.6 Å². The molecule has 1 aromatic heterocycles. The molecule has 5 nitrogen and oxygen atoms in total. The van der Waals surface area contributed by atoms with Gasteiger partial charge in [0, 0.05) is 31.9 Å². The van der Waals surface area contributed by atoms with E-state index in [2.05, 4.69) is 49.3 Å². The molecule has 1 amide bonds. The van der Waals surface area contributed by atoms with E-state index in [0.29, 0.717) is 5.92 Å². The Morgan fingerprint density at radius 2 is 1.81 bits per heavy atom. The average Bonchev–Trinajstić information content (AvgIpc) is 3.25. The lowest BCUT2D eigenvalue weighted by atomic mass is 10.0. The summed E-state index contributed by atoms with van der Waals surface area (Å²) in [6.45, 7) is 13.8. The monoisotopic (exact) mass is 366 g/mol. The van der Waals surface area contributed by atoms with E-state index < -0.39 is 0 Å². The van der Waals surface area contributed by atoms with Gasteiger partial charge in [0.05, 0.1) is 5.69 Å². The van der Waals surface area contributed by atoms with Crippen molar-refractivity contribution in [2.45, 2.75) is 54.0 Å². The molecule has 2 aliphatic rings. The number of carbonyl (C=O) groups is 1. The highest BCUT2D eigenvalue weighted by Gasteiger charge is 2.34. The highest BCUT2D eigenvalue weighted by molar-refractivity contribution is 5.95. The predicted molar refractivity (Wildman–Crippen MR) is 109 cm³/mol. The zero-order chi connectivity index (χ0) is 19.3. The van der Waals surface area contributed by atoms with Gasteiger partial charge in [-0.25, -0.2) is 4.98 Å². The molecule has 5 heteroatoms. The van der Waals surface area contributed by atoms with Crippen LogP contribution in [0.25, 0.3) is 0 Å². The Balaban J connectivity index is 1.70. The summed E-state index contributed by atoms with van der Waals surface area (Å²) in [5.74, 6) is 1.75. The van der Waals surface area contributed by atoms with E-state index in [4.69, 9.17) is 4.98 Å². The highest BCUT2D eigenvalue weighted by atomic mass is 16.2. The summed E-state index contributed by atoms with van der Waals surface area (Å²) in [6, 6.07) is 4.45. The topological polar surface area (TPSA) is 41.4 Å². The first-order chi connectivity index (χ1) is 12.9. The number of aryl methyl sites for hydroxylation is 4. The Bertz CT molecular complexity index is 871. The third-order valence-electron chi connectivity index (χ3n) is 5.86. The number of fused-ring (bicyclic) bond motifs is 1. The SMILES string of the molecule is CCN(CC1CC1)C(=O)c1c(C)nc2n1CCN2c1c(C)cc(C)cc1C. The first kappa shape index (κ1) is 18.1. The van der Waals surface area contributed by atoms with Crippen molar-refractivity contribution in [3.8, 4) is 0 Å². The van der Waals surface area contributed by atoms with Gasteiger partial charge in [0.2, 0.25) is 5.95 Å². The number of nitrogens with zero attached hydrogens (tertiary/aromatic N) is 4. The van der Waals surface area contributed by atoms with Crippen LogP contribution in [0.3, 0.4) is 0 Å². The van der Waals surface area contributed by atoms with Crippen molar-refractivity contribution in [1.82, 2.24) is 14.5 Å². The fourth-order valence-electron chi connectivity index (χ4n) is 4.47. The largest absolute Gasteiger partial charge is 0.337 e. The second kappa shape index (κ2) is 6.70. The summed E-state index contributed by atoms with van der Waals surface area (Å²) in [4.78, 5) is 22.4. The summed E-state index contributed by atoms with van der Waals surface area (Å²) in [7, 11) is 0. The first-order valence-electron chi connectivity index (χ1n) is 10.1. The lowest BCUT2D eigenvalue weighted by Gasteiger charge is -2.22. The van der Waals surface area contributed by atoms with Gasteiger partial charge in [-0.3, -0.25) is 4.79 Å². The number of hydrogen-bond donors (Lipinski definition) is 0. The molecular formula is C22H30N4O. The third kappa shape index (κ3) is 3.13. The molecular weight excluding hydrogens is 336 g/mol. The number of rotatable bonds is 5. The standard InChI is InChI=1S/C22H30N4O/c1-6-24(13-18-7-8-18)21(27)20-17(5)23-22-25(9-10-26(20)22)19-15(3)11-14(2)12-16(19)4/h11-12,18H,6-10,13H2,1-5H3.